The molecule has 0 saturated carbocycles. The van der Waals surface area contributed by atoms with Gasteiger partial charge in [0.15, 0.2) is 0 Å². The summed E-state index contributed by atoms with van der Waals surface area (Å²) < 4.78 is 5.99. The predicted octanol–water partition coefficient (Wildman–Crippen LogP) is -0.735. The van der Waals surface area contributed by atoms with E-state index in [4.69, 9.17) is 9.84 Å². The first-order chi connectivity index (χ1) is 12.7. The Bertz CT molecular complexity index is 893. The van der Waals surface area contributed by atoms with Gasteiger partial charge in [-0.25, -0.2) is 9.78 Å². The summed E-state index contributed by atoms with van der Waals surface area (Å²) >= 11 is 0. The van der Waals surface area contributed by atoms with Crippen molar-refractivity contribution in [2.45, 2.75) is 45.6 Å². The van der Waals surface area contributed by atoms with Gasteiger partial charge in [-0.15, -0.1) is 0 Å². The Balaban J connectivity index is 2.63. The van der Waals surface area contributed by atoms with Crippen molar-refractivity contribution in [3.05, 3.63) is 39.3 Å². The third kappa shape index (κ3) is 4.33. The number of aliphatic hydroxyl groups excluding tert-OH is 4. The topological polar surface area (TPSA) is 142 Å². The van der Waals surface area contributed by atoms with Gasteiger partial charge in [-0.2, -0.15) is 0 Å². The monoisotopic (exact) mass is 380 g/mol. The summed E-state index contributed by atoms with van der Waals surface area (Å²) in [5, 5.41) is 38.5. The smallest absolute Gasteiger partial charge is 0.362 e. The fourth-order valence-electron chi connectivity index (χ4n) is 2.67. The third-order valence-corrected chi connectivity index (χ3v) is 4.38. The molecule has 1 aromatic carbocycles. The van der Waals surface area contributed by atoms with Gasteiger partial charge in [-0.3, -0.25) is 4.79 Å². The van der Waals surface area contributed by atoms with E-state index in [1.807, 2.05) is 13.8 Å². The number of benzene rings is 1. The van der Waals surface area contributed by atoms with E-state index in [2.05, 4.69) is 4.98 Å². The Hall–Kier alpha value is -2.33. The molecule has 1 aromatic heterocycles. The highest BCUT2D eigenvalue weighted by Crippen LogP contribution is 2.18. The van der Waals surface area contributed by atoms with Crippen LogP contribution >= 0.6 is 0 Å². The molecule has 0 spiro atoms. The van der Waals surface area contributed by atoms with Crippen molar-refractivity contribution in [1.29, 1.82) is 0 Å². The number of aryl methyl sites for hydroxylation is 2. The number of fused-ring (bicyclic) bond motifs is 1. The van der Waals surface area contributed by atoms with E-state index in [1.165, 1.54) is 0 Å². The second-order valence-corrected chi connectivity index (χ2v) is 6.33. The molecule has 2 aromatic rings. The molecular formula is C18H24N2O7. The lowest BCUT2D eigenvalue weighted by Crippen LogP contribution is -2.43. The minimum atomic E-state index is -1.68. The maximum absolute atomic E-state index is 12.8. The first-order valence-corrected chi connectivity index (χ1v) is 8.55. The lowest BCUT2D eigenvalue weighted by Gasteiger charge is -2.23. The fourth-order valence-corrected chi connectivity index (χ4v) is 2.67. The zero-order valence-corrected chi connectivity index (χ0v) is 15.4. The molecule has 4 N–H and O–H groups in total. The molecule has 3 atom stereocenters. The van der Waals surface area contributed by atoms with Crippen molar-refractivity contribution in [2.24, 2.45) is 0 Å². The number of hydrogen-bond donors (Lipinski definition) is 4. The Morgan fingerprint density at radius 3 is 2.41 bits per heavy atom. The molecule has 0 aliphatic rings. The summed E-state index contributed by atoms with van der Waals surface area (Å²) in [6.45, 7) is 4.19. The van der Waals surface area contributed by atoms with Gasteiger partial charge in [-0.1, -0.05) is 0 Å². The van der Waals surface area contributed by atoms with Crippen molar-refractivity contribution in [2.75, 3.05) is 13.2 Å². The van der Waals surface area contributed by atoms with Gasteiger partial charge in [-0.05, 0) is 44.0 Å². The molecule has 148 valence electrons. The number of aliphatic hydroxyl groups is 4. The van der Waals surface area contributed by atoms with E-state index in [-0.39, 0.29) is 6.61 Å². The van der Waals surface area contributed by atoms with Crippen molar-refractivity contribution < 1.29 is 30.0 Å². The van der Waals surface area contributed by atoms with Crippen LogP contribution in [0.2, 0.25) is 0 Å². The highest BCUT2D eigenvalue weighted by molar-refractivity contribution is 5.89. The second kappa shape index (κ2) is 8.57. The summed E-state index contributed by atoms with van der Waals surface area (Å²) in [6, 6.07) is 3.39. The molecule has 2 rings (SSSR count). The van der Waals surface area contributed by atoms with Gasteiger partial charge in [0.05, 0.1) is 30.8 Å². The Labute approximate surface area is 155 Å². The number of carbonyl (C=O) groups is 1. The van der Waals surface area contributed by atoms with E-state index < -0.39 is 48.7 Å². The van der Waals surface area contributed by atoms with Gasteiger partial charge >= 0.3 is 5.97 Å². The maximum Gasteiger partial charge on any atom is 0.362 e. The molecule has 1 heterocycles. The minimum Gasteiger partial charge on any atom is -0.461 e. The number of hydrogen-bond acceptors (Lipinski definition) is 8. The average Bonchev–Trinajstić information content (AvgIpc) is 2.64. The fraction of sp³-hybridized carbons (Fsp3) is 0.500. The van der Waals surface area contributed by atoms with Crippen LogP contribution in [0.3, 0.4) is 0 Å². The molecule has 0 amide bonds. The molecule has 9 heteroatoms. The van der Waals surface area contributed by atoms with Crippen LogP contribution in [0.4, 0.5) is 0 Å². The van der Waals surface area contributed by atoms with Gasteiger partial charge in [0.1, 0.15) is 18.3 Å². The lowest BCUT2D eigenvalue weighted by molar-refractivity contribution is -0.0805. The van der Waals surface area contributed by atoms with E-state index in [9.17, 15) is 24.9 Å². The van der Waals surface area contributed by atoms with Crippen LogP contribution in [0.1, 0.15) is 28.5 Å². The van der Waals surface area contributed by atoms with Crippen LogP contribution in [-0.2, 0) is 11.3 Å². The number of rotatable bonds is 7. The van der Waals surface area contributed by atoms with Crippen LogP contribution < -0.4 is 5.56 Å². The molecule has 0 aliphatic carbocycles. The average molecular weight is 380 g/mol. The first kappa shape index (κ1) is 21.0. The quantitative estimate of drug-likeness (QED) is 0.460. The van der Waals surface area contributed by atoms with E-state index in [0.717, 1.165) is 15.7 Å². The Morgan fingerprint density at radius 2 is 1.81 bits per heavy atom. The van der Waals surface area contributed by atoms with E-state index in [1.54, 1.807) is 19.1 Å². The molecular weight excluding hydrogens is 356 g/mol. The minimum absolute atomic E-state index is 0.0644. The van der Waals surface area contributed by atoms with Crippen molar-refractivity contribution in [3.63, 3.8) is 0 Å². The predicted molar refractivity (Wildman–Crippen MR) is 96.5 cm³/mol. The zero-order valence-electron chi connectivity index (χ0n) is 15.4. The summed E-state index contributed by atoms with van der Waals surface area (Å²) in [4.78, 5) is 29.0. The van der Waals surface area contributed by atoms with Crippen LogP contribution in [0, 0.1) is 13.8 Å². The standard InChI is InChI=1S/C18H24N2O7/c1-4-27-18(26)15-17(25)20(7-13(22)16(24)14(23)8-21)12-6-10(3)9(2)5-11(12)19-15/h5-6,13-14,16,21-24H,4,7-8H2,1-3H3/t13-,14+,16-/m0/s1. The maximum atomic E-state index is 12.8. The summed E-state index contributed by atoms with van der Waals surface area (Å²) in [5.74, 6) is -0.887. The molecule has 0 aliphatic heterocycles. The number of esters is 1. The van der Waals surface area contributed by atoms with Crippen molar-refractivity contribution >= 4 is 17.0 Å². The molecule has 0 radical (unpaired) electrons. The normalized spacial score (nSPS) is 14.8. The first-order valence-electron chi connectivity index (χ1n) is 8.55. The van der Waals surface area contributed by atoms with Gasteiger partial charge in [0, 0.05) is 0 Å². The summed E-state index contributed by atoms with van der Waals surface area (Å²) in [6.07, 6.45) is -4.81. The molecule has 9 nitrogen and oxygen atoms in total. The zero-order chi connectivity index (χ0) is 20.3. The highest BCUT2D eigenvalue weighted by atomic mass is 16.5. The Kier molecular flexibility index (Phi) is 6.66. The van der Waals surface area contributed by atoms with Crippen LogP contribution in [-0.4, -0.2) is 67.5 Å². The summed E-state index contributed by atoms with van der Waals surface area (Å²) in [5.41, 5.74) is 1.26. The number of ether oxygens (including phenoxy) is 1. The van der Waals surface area contributed by atoms with Crippen LogP contribution in [0.15, 0.2) is 16.9 Å². The van der Waals surface area contributed by atoms with Gasteiger partial charge in [0.2, 0.25) is 5.69 Å². The highest BCUT2D eigenvalue weighted by Gasteiger charge is 2.27. The van der Waals surface area contributed by atoms with Crippen LogP contribution in [0.25, 0.3) is 11.0 Å². The second-order valence-electron chi connectivity index (χ2n) is 6.33. The molecule has 27 heavy (non-hydrogen) atoms. The third-order valence-electron chi connectivity index (χ3n) is 4.38. The lowest BCUT2D eigenvalue weighted by atomic mass is 10.1. The summed E-state index contributed by atoms with van der Waals surface area (Å²) in [7, 11) is 0. The van der Waals surface area contributed by atoms with Crippen molar-refractivity contribution in [3.8, 4) is 0 Å². The molecule has 0 bridgehead atoms. The van der Waals surface area contributed by atoms with Gasteiger partial charge < -0.3 is 29.7 Å². The number of nitrogens with zero attached hydrogens (tertiary/aromatic N) is 2. The Morgan fingerprint density at radius 1 is 1.19 bits per heavy atom. The number of aromatic nitrogens is 2. The molecule has 0 fully saturated rings. The van der Waals surface area contributed by atoms with Crippen LogP contribution in [0.5, 0.6) is 0 Å². The number of carbonyl (C=O) groups excluding carboxylic acids is 1. The van der Waals surface area contributed by atoms with Crippen molar-refractivity contribution in [1.82, 2.24) is 9.55 Å². The molecule has 0 unspecified atom stereocenters. The van der Waals surface area contributed by atoms with E-state index in [0.29, 0.717) is 11.0 Å². The van der Waals surface area contributed by atoms with E-state index >= 15 is 0 Å². The molecule has 0 saturated heterocycles. The van der Waals surface area contributed by atoms with Gasteiger partial charge in [0.25, 0.3) is 5.56 Å². The largest absolute Gasteiger partial charge is 0.461 e. The SMILES string of the molecule is CCOC(=O)c1nc2cc(C)c(C)cc2n(C[C@H](O)[C@H](O)[C@H](O)CO)c1=O.